The van der Waals surface area contributed by atoms with Crippen molar-refractivity contribution in [1.29, 1.82) is 0 Å². The highest BCUT2D eigenvalue weighted by Gasteiger charge is 2.23. The number of rotatable bonds is 5. The van der Waals surface area contributed by atoms with Crippen LogP contribution in [0.4, 0.5) is 5.13 Å². The summed E-state index contributed by atoms with van der Waals surface area (Å²) in [7, 11) is 0. The number of hydrogen-bond donors (Lipinski definition) is 0. The molecule has 4 rings (SSSR count). The number of carbonyl (C=O) groups is 1. The summed E-state index contributed by atoms with van der Waals surface area (Å²) in [6.07, 6.45) is 3.95. The molecule has 27 heavy (non-hydrogen) atoms. The number of ketones is 1. The lowest BCUT2D eigenvalue weighted by Crippen LogP contribution is -2.32. The molecule has 0 spiro atoms. The average molecular weight is 403 g/mol. The number of tetrazole rings is 1. The van der Waals surface area contributed by atoms with Crippen LogP contribution in [0.1, 0.15) is 31.2 Å². The van der Waals surface area contributed by atoms with E-state index in [1.807, 2.05) is 12.1 Å². The Labute approximate surface area is 166 Å². The van der Waals surface area contributed by atoms with Crippen molar-refractivity contribution in [1.82, 2.24) is 25.2 Å². The van der Waals surface area contributed by atoms with Gasteiger partial charge in [0, 0.05) is 18.1 Å². The van der Waals surface area contributed by atoms with Crippen LogP contribution in [0.25, 0.3) is 10.7 Å². The summed E-state index contributed by atoms with van der Waals surface area (Å²) in [4.78, 5) is 20.2. The molecule has 0 radical (unpaired) electrons. The average Bonchev–Trinajstić information content (AvgIpc) is 3.31. The van der Waals surface area contributed by atoms with Gasteiger partial charge in [0.05, 0.1) is 11.1 Å². The molecule has 9 heteroatoms. The van der Waals surface area contributed by atoms with Crippen molar-refractivity contribution in [2.45, 2.75) is 32.2 Å². The third kappa shape index (κ3) is 4.17. The molecule has 1 saturated heterocycles. The molecule has 0 amide bonds. The van der Waals surface area contributed by atoms with Crippen LogP contribution in [0, 0.1) is 0 Å². The first-order chi connectivity index (χ1) is 13.1. The molecule has 1 aliphatic rings. The Hall–Kier alpha value is -2.32. The van der Waals surface area contributed by atoms with Crippen LogP contribution in [-0.4, -0.2) is 44.1 Å². The summed E-state index contributed by atoms with van der Waals surface area (Å²) >= 11 is 7.54. The number of benzene rings is 1. The summed E-state index contributed by atoms with van der Waals surface area (Å²) in [6.45, 7) is 3.56. The van der Waals surface area contributed by atoms with Crippen molar-refractivity contribution in [3.8, 4) is 10.7 Å². The van der Waals surface area contributed by atoms with Crippen molar-refractivity contribution in [3.05, 3.63) is 41.0 Å². The predicted octanol–water partition coefficient (Wildman–Crippen LogP) is 3.42. The summed E-state index contributed by atoms with van der Waals surface area (Å²) in [6, 6.07) is 8.17. The van der Waals surface area contributed by atoms with Gasteiger partial charge in [-0.2, -0.15) is 4.80 Å². The number of aromatic nitrogens is 5. The van der Waals surface area contributed by atoms with E-state index in [9.17, 15) is 4.79 Å². The molecule has 0 unspecified atom stereocenters. The zero-order valence-electron chi connectivity index (χ0n) is 14.9. The van der Waals surface area contributed by atoms with E-state index in [0.29, 0.717) is 11.7 Å². The first-order valence-corrected chi connectivity index (χ1v) is 10.0. The smallest absolute Gasteiger partial charge is 0.216 e. The SMILES string of the molecule is CC(=O)Cn1nnc(-c2cnc(N3CCC(c4ccc(Cl)cc4)CC3)s2)n1. The number of hydrogen-bond acceptors (Lipinski definition) is 7. The van der Waals surface area contributed by atoms with Gasteiger partial charge in [0.15, 0.2) is 10.9 Å². The minimum absolute atomic E-state index is 0.00694. The van der Waals surface area contributed by atoms with Crippen LogP contribution in [0.3, 0.4) is 0 Å². The van der Waals surface area contributed by atoms with Gasteiger partial charge >= 0.3 is 0 Å². The molecule has 0 aliphatic carbocycles. The quantitative estimate of drug-likeness (QED) is 0.650. The monoisotopic (exact) mass is 402 g/mol. The second-order valence-corrected chi connectivity index (χ2v) is 8.11. The Bertz CT molecular complexity index is 929. The molecule has 1 aromatic carbocycles. The molecule has 3 heterocycles. The van der Waals surface area contributed by atoms with Gasteiger partial charge < -0.3 is 4.90 Å². The second-order valence-electron chi connectivity index (χ2n) is 6.67. The van der Waals surface area contributed by atoms with Crippen LogP contribution < -0.4 is 4.90 Å². The maximum atomic E-state index is 11.2. The molecule has 3 aromatic rings. The van der Waals surface area contributed by atoms with Gasteiger partial charge in [0.2, 0.25) is 5.82 Å². The molecular formula is C18H19ClN6OS. The summed E-state index contributed by atoms with van der Waals surface area (Å²) in [5, 5.41) is 13.9. The highest BCUT2D eigenvalue weighted by molar-refractivity contribution is 7.18. The number of halogens is 1. The fourth-order valence-corrected chi connectivity index (χ4v) is 4.28. The van der Waals surface area contributed by atoms with E-state index < -0.39 is 0 Å². The predicted molar refractivity (Wildman–Crippen MR) is 105 cm³/mol. The van der Waals surface area contributed by atoms with E-state index in [4.69, 9.17) is 11.6 Å². The van der Waals surface area contributed by atoms with Gasteiger partial charge in [-0.3, -0.25) is 4.79 Å². The molecule has 140 valence electrons. The Morgan fingerprint density at radius 2 is 2.00 bits per heavy atom. The molecule has 7 nitrogen and oxygen atoms in total. The molecule has 2 aromatic heterocycles. The zero-order valence-corrected chi connectivity index (χ0v) is 16.4. The Morgan fingerprint density at radius 3 is 2.70 bits per heavy atom. The van der Waals surface area contributed by atoms with Gasteiger partial charge in [-0.25, -0.2) is 4.98 Å². The van der Waals surface area contributed by atoms with E-state index in [2.05, 4.69) is 37.4 Å². The molecule has 1 fully saturated rings. The molecular weight excluding hydrogens is 384 g/mol. The topological polar surface area (TPSA) is 76.8 Å². The van der Waals surface area contributed by atoms with Gasteiger partial charge in [-0.05, 0) is 48.6 Å². The second kappa shape index (κ2) is 7.74. The Morgan fingerprint density at radius 1 is 1.26 bits per heavy atom. The number of carbonyl (C=O) groups excluding carboxylic acids is 1. The van der Waals surface area contributed by atoms with Crippen molar-refractivity contribution in [2.24, 2.45) is 0 Å². The van der Waals surface area contributed by atoms with Crippen LogP contribution in [0.15, 0.2) is 30.5 Å². The van der Waals surface area contributed by atoms with E-state index in [-0.39, 0.29) is 12.3 Å². The lowest BCUT2D eigenvalue weighted by Gasteiger charge is -2.32. The van der Waals surface area contributed by atoms with Gasteiger partial charge in [-0.15, -0.1) is 10.2 Å². The highest BCUT2D eigenvalue weighted by Crippen LogP contribution is 2.34. The standard InChI is InChI=1S/C18H19ClN6OS/c1-12(26)11-25-22-17(21-23-25)16-10-20-18(27-16)24-8-6-14(7-9-24)13-2-4-15(19)5-3-13/h2-5,10,14H,6-9,11H2,1H3. The van der Waals surface area contributed by atoms with Crippen molar-refractivity contribution >= 4 is 33.9 Å². The molecule has 1 aliphatic heterocycles. The Kier molecular flexibility index (Phi) is 5.18. The zero-order chi connectivity index (χ0) is 18.8. The normalized spacial score (nSPS) is 15.3. The summed E-state index contributed by atoms with van der Waals surface area (Å²) in [5.74, 6) is 1.06. The molecule has 0 saturated carbocycles. The third-order valence-corrected chi connectivity index (χ3v) is 5.94. The van der Waals surface area contributed by atoms with Crippen molar-refractivity contribution in [2.75, 3.05) is 18.0 Å². The van der Waals surface area contributed by atoms with Gasteiger partial charge in [0.1, 0.15) is 6.54 Å². The fraction of sp³-hybridized carbons (Fsp3) is 0.389. The minimum atomic E-state index is -0.00694. The molecule has 0 bridgehead atoms. The summed E-state index contributed by atoms with van der Waals surface area (Å²) in [5.41, 5.74) is 1.35. The van der Waals surface area contributed by atoms with Crippen molar-refractivity contribution < 1.29 is 4.79 Å². The van der Waals surface area contributed by atoms with Gasteiger partial charge in [-0.1, -0.05) is 35.1 Å². The minimum Gasteiger partial charge on any atom is -0.348 e. The van der Waals surface area contributed by atoms with E-state index in [0.717, 1.165) is 41.0 Å². The van der Waals surface area contributed by atoms with Crippen LogP contribution in [0.2, 0.25) is 5.02 Å². The van der Waals surface area contributed by atoms with Crippen LogP contribution >= 0.6 is 22.9 Å². The molecule has 0 atom stereocenters. The maximum absolute atomic E-state index is 11.2. The largest absolute Gasteiger partial charge is 0.348 e. The van der Waals surface area contributed by atoms with Gasteiger partial charge in [0.25, 0.3) is 0 Å². The first kappa shape index (κ1) is 18.1. The van der Waals surface area contributed by atoms with E-state index >= 15 is 0 Å². The number of piperidine rings is 1. The highest BCUT2D eigenvalue weighted by atomic mass is 35.5. The number of thiazole rings is 1. The molecule has 0 N–H and O–H groups in total. The number of Topliss-reactive ketones (excluding diaryl/α,β-unsaturated/α-hetero) is 1. The van der Waals surface area contributed by atoms with E-state index in [1.165, 1.54) is 17.3 Å². The lowest BCUT2D eigenvalue weighted by molar-refractivity contribution is -0.117. The number of anilines is 1. The number of nitrogens with zero attached hydrogens (tertiary/aromatic N) is 6. The summed E-state index contributed by atoms with van der Waals surface area (Å²) < 4.78 is 0. The van der Waals surface area contributed by atoms with E-state index in [1.54, 1.807) is 17.5 Å². The first-order valence-electron chi connectivity index (χ1n) is 8.82. The lowest BCUT2D eigenvalue weighted by atomic mass is 9.90. The fourth-order valence-electron chi connectivity index (χ4n) is 3.26. The van der Waals surface area contributed by atoms with Crippen LogP contribution in [-0.2, 0) is 11.3 Å². The van der Waals surface area contributed by atoms with Crippen molar-refractivity contribution in [3.63, 3.8) is 0 Å². The third-order valence-electron chi connectivity index (χ3n) is 4.64. The van der Waals surface area contributed by atoms with Crippen LogP contribution in [0.5, 0.6) is 0 Å². The Balaban J connectivity index is 1.40. The maximum Gasteiger partial charge on any atom is 0.216 e.